The Hall–Kier alpha value is -1.35. The highest BCUT2D eigenvalue weighted by Gasteiger charge is 2.32. The quantitative estimate of drug-likeness (QED) is 0.307. The van der Waals surface area contributed by atoms with Crippen LogP contribution in [0.5, 0.6) is 0 Å². The molecular weight excluding hydrogens is 491 g/mol. The van der Waals surface area contributed by atoms with Gasteiger partial charge in [0.15, 0.2) is 5.96 Å². The molecular formula is C23H37IN4O2. The lowest BCUT2D eigenvalue weighted by Crippen LogP contribution is -2.45. The molecule has 0 bridgehead atoms. The molecule has 2 aliphatic rings. The number of benzene rings is 1. The number of nitrogens with zero attached hydrogens (tertiary/aromatic N) is 2. The second-order valence-electron chi connectivity index (χ2n) is 8.04. The molecule has 1 heterocycles. The summed E-state index contributed by atoms with van der Waals surface area (Å²) >= 11 is 0. The summed E-state index contributed by atoms with van der Waals surface area (Å²) < 4.78 is 5.45. The summed E-state index contributed by atoms with van der Waals surface area (Å²) in [5.41, 5.74) is 2.36. The maximum Gasteiger partial charge on any atom is 0.225 e. The van der Waals surface area contributed by atoms with Gasteiger partial charge in [0.2, 0.25) is 5.91 Å². The fraction of sp³-hybridized carbons (Fsp3) is 0.652. The van der Waals surface area contributed by atoms with Gasteiger partial charge in [-0.3, -0.25) is 4.79 Å². The third kappa shape index (κ3) is 7.41. The van der Waals surface area contributed by atoms with E-state index in [0.717, 1.165) is 51.5 Å². The first-order valence-corrected chi connectivity index (χ1v) is 11.2. The summed E-state index contributed by atoms with van der Waals surface area (Å²) in [6, 6.07) is 8.69. The molecule has 7 heteroatoms. The van der Waals surface area contributed by atoms with Crippen LogP contribution in [0.4, 0.5) is 0 Å². The van der Waals surface area contributed by atoms with Crippen molar-refractivity contribution in [2.75, 3.05) is 26.2 Å². The Labute approximate surface area is 198 Å². The first-order chi connectivity index (χ1) is 14.2. The maximum absolute atomic E-state index is 12.7. The van der Waals surface area contributed by atoms with Crippen LogP contribution in [-0.4, -0.2) is 49.0 Å². The average Bonchev–Trinajstić information content (AvgIpc) is 3.43. The third-order valence-electron chi connectivity index (χ3n) is 5.80. The molecule has 1 aliphatic carbocycles. The lowest BCUT2D eigenvalue weighted by Gasteiger charge is -2.21. The molecule has 1 aromatic rings. The smallest absolute Gasteiger partial charge is 0.225 e. The highest BCUT2D eigenvalue weighted by atomic mass is 127. The maximum atomic E-state index is 12.7. The summed E-state index contributed by atoms with van der Waals surface area (Å²) in [6.07, 6.45) is 5.53. The van der Waals surface area contributed by atoms with Crippen molar-refractivity contribution in [3.8, 4) is 0 Å². The van der Waals surface area contributed by atoms with Crippen molar-refractivity contribution >= 4 is 35.8 Å². The van der Waals surface area contributed by atoms with E-state index in [-0.39, 0.29) is 35.9 Å². The molecule has 0 aromatic heterocycles. The number of likely N-dealkylation sites (tertiary alicyclic amines) is 1. The van der Waals surface area contributed by atoms with Crippen molar-refractivity contribution in [1.82, 2.24) is 15.5 Å². The predicted octanol–water partition coefficient (Wildman–Crippen LogP) is 3.69. The zero-order valence-corrected chi connectivity index (χ0v) is 20.7. The molecule has 0 radical (unpaired) electrons. The third-order valence-corrected chi connectivity index (χ3v) is 5.80. The summed E-state index contributed by atoms with van der Waals surface area (Å²) in [6.45, 7) is 8.55. The summed E-state index contributed by atoms with van der Waals surface area (Å²) in [5.74, 6) is 1.45. The molecule has 1 amide bonds. The summed E-state index contributed by atoms with van der Waals surface area (Å²) in [5, 5.41) is 6.86. The average molecular weight is 528 g/mol. The number of nitrogens with one attached hydrogen (secondary N) is 2. The largest absolute Gasteiger partial charge is 0.377 e. The van der Waals surface area contributed by atoms with E-state index in [1.165, 1.54) is 24.0 Å². The lowest BCUT2D eigenvalue weighted by molar-refractivity contribution is -0.134. The first-order valence-electron chi connectivity index (χ1n) is 11.2. The van der Waals surface area contributed by atoms with Gasteiger partial charge in [0.05, 0.1) is 13.2 Å². The van der Waals surface area contributed by atoms with Gasteiger partial charge in [-0.15, -0.1) is 24.0 Å². The number of aliphatic imine (C=N–C) groups is 1. The Morgan fingerprint density at radius 1 is 1.13 bits per heavy atom. The van der Waals surface area contributed by atoms with Crippen molar-refractivity contribution in [2.45, 2.75) is 65.1 Å². The molecule has 1 saturated heterocycles. The van der Waals surface area contributed by atoms with Crippen LogP contribution in [0.25, 0.3) is 0 Å². The van der Waals surface area contributed by atoms with E-state index in [1.54, 1.807) is 0 Å². The molecule has 2 N–H and O–H groups in total. The number of hydrogen-bond acceptors (Lipinski definition) is 3. The monoisotopic (exact) mass is 528 g/mol. The number of carbonyl (C=O) groups is 1. The first kappa shape index (κ1) is 24.9. The number of ether oxygens (including phenoxy) is 1. The van der Waals surface area contributed by atoms with Crippen molar-refractivity contribution in [2.24, 2.45) is 10.9 Å². The van der Waals surface area contributed by atoms with Gasteiger partial charge in [-0.1, -0.05) is 37.1 Å². The van der Waals surface area contributed by atoms with Gasteiger partial charge in [-0.2, -0.15) is 0 Å². The number of hydrogen-bond donors (Lipinski definition) is 2. The van der Waals surface area contributed by atoms with E-state index in [9.17, 15) is 4.79 Å². The van der Waals surface area contributed by atoms with Crippen LogP contribution in [0, 0.1) is 5.92 Å². The molecule has 6 nitrogen and oxygen atoms in total. The fourth-order valence-corrected chi connectivity index (χ4v) is 4.15. The number of guanidine groups is 1. The molecule has 1 aliphatic heterocycles. The summed E-state index contributed by atoms with van der Waals surface area (Å²) in [7, 11) is 0. The molecule has 0 spiro atoms. The Morgan fingerprint density at radius 2 is 1.83 bits per heavy atom. The van der Waals surface area contributed by atoms with E-state index in [0.29, 0.717) is 19.1 Å². The fourth-order valence-electron chi connectivity index (χ4n) is 4.15. The second-order valence-corrected chi connectivity index (χ2v) is 8.04. The van der Waals surface area contributed by atoms with Crippen molar-refractivity contribution in [3.63, 3.8) is 0 Å². The standard InChI is InChI=1S/C23H36N4O2.HI/c1-3-24-23(25-15-18-9-11-19(12-10-18)17-29-4-2)26-21-13-14-27(16-21)22(28)20-7-5-6-8-20;/h9-12,20-21H,3-8,13-17H2,1-2H3,(H2,24,25,26);1H. The van der Waals surface area contributed by atoms with Crippen LogP contribution in [0.1, 0.15) is 57.1 Å². The van der Waals surface area contributed by atoms with Crippen LogP contribution in [0.2, 0.25) is 0 Å². The number of carbonyl (C=O) groups excluding carboxylic acids is 1. The second kappa shape index (κ2) is 13.1. The SMILES string of the molecule is CCNC(=NCc1ccc(COCC)cc1)NC1CCN(C(=O)C2CCCC2)C1.I. The van der Waals surface area contributed by atoms with Gasteiger partial charge >= 0.3 is 0 Å². The molecule has 1 atom stereocenters. The molecule has 1 unspecified atom stereocenters. The minimum absolute atomic E-state index is 0. The van der Waals surface area contributed by atoms with E-state index in [1.807, 2.05) is 11.8 Å². The van der Waals surface area contributed by atoms with Gasteiger partial charge in [0.25, 0.3) is 0 Å². The number of amides is 1. The molecule has 30 heavy (non-hydrogen) atoms. The minimum atomic E-state index is 0. The van der Waals surface area contributed by atoms with Crippen molar-refractivity contribution < 1.29 is 9.53 Å². The van der Waals surface area contributed by atoms with Gasteiger partial charge in [-0.05, 0) is 44.2 Å². The highest BCUT2D eigenvalue weighted by Crippen LogP contribution is 2.27. The van der Waals surface area contributed by atoms with Gasteiger partial charge in [-0.25, -0.2) is 4.99 Å². The number of halogens is 1. The van der Waals surface area contributed by atoms with E-state index in [2.05, 4.69) is 41.8 Å². The van der Waals surface area contributed by atoms with E-state index >= 15 is 0 Å². The van der Waals surface area contributed by atoms with Gasteiger partial charge < -0.3 is 20.3 Å². The highest BCUT2D eigenvalue weighted by molar-refractivity contribution is 14.0. The molecule has 1 saturated carbocycles. The predicted molar refractivity (Wildman–Crippen MR) is 132 cm³/mol. The lowest BCUT2D eigenvalue weighted by atomic mass is 10.1. The zero-order chi connectivity index (χ0) is 20.5. The molecule has 168 valence electrons. The van der Waals surface area contributed by atoms with Crippen LogP contribution in [0.15, 0.2) is 29.3 Å². The van der Waals surface area contributed by atoms with Crippen LogP contribution in [-0.2, 0) is 22.7 Å². The van der Waals surface area contributed by atoms with Crippen LogP contribution in [0.3, 0.4) is 0 Å². The Balaban J connectivity index is 0.00000320. The van der Waals surface area contributed by atoms with Gasteiger partial charge in [0.1, 0.15) is 0 Å². The Bertz CT molecular complexity index is 674. The molecule has 1 aromatic carbocycles. The van der Waals surface area contributed by atoms with Crippen molar-refractivity contribution in [1.29, 1.82) is 0 Å². The zero-order valence-electron chi connectivity index (χ0n) is 18.4. The Kier molecular flexibility index (Phi) is 10.9. The molecule has 2 fully saturated rings. The van der Waals surface area contributed by atoms with Gasteiger partial charge in [0, 0.05) is 38.2 Å². The van der Waals surface area contributed by atoms with E-state index < -0.39 is 0 Å². The van der Waals surface area contributed by atoms with E-state index in [4.69, 9.17) is 9.73 Å². The van der Waals surface area contributed by atoms with Crippen molar-refractivity contribution in [3.05, 3.63) is 35.4 Å². The Morgan fingerprint density at radius 3 is 2.50 bits per heavy atom. The molecule has 3 rings (SSSR count). The number of rotatable bonds is 8. The minimum Gasteiger partial charge on any atom is -0.377 e. The van der Waals surface area contributed by atoms with Crippen LogP contribution >= 0.6 is 24.0 Å². The van der Waals surface area contributed by atoms with Crippen LogP contribution < -0.4 is 10.6 Å². The normalized spacial score (nSPS) is 19.6. The topological polar surface area (TPSA) is 66.0 Å². The summed E-state index contributed by atoms with van der Waals surface area (Å²) in [4.78, 5) is 19.4.